The molecule has 1 aromatic carbocycles. The van der Waals surface area contributed by atoms with E-state index in [1.165, 1.54) is 13.2 Å². The van der Waals surface area contributed by atoms with E-state index in [0.717, 1.165) is 6.07 Å². The van der Waals surface area contributed by atoms with E-state index in [9.17, 15) is 18.0 Å². The Morgan fingerprint density at radius 1 is 1.42 bits per heavy atom. The first-order valence-electron chi connectivity index (χ1n) is 5.41. The molecule has 0 unspecified atom stereocenters. The molecular weight excluding hydrogens is 329 g/mol. The van der Waals surface area contributed by atoms with Gasteiger partial charge in [0.05, 0.1) is 17.1 Å². The van der Waals surface area contributed by atoms with Gasteiger partial charge in [-0.15, -0.1) is 0 Å². The molecule has 0 aliphatic heterocycles. The van der Waals surface area contributed by atoms with E-state index in [2.05, 4.69) is 15.9 Å². The molecular formula is C12H12BrF3O3. The third kappa shape index (κ3) is 4.41. The average Bonchev–Trinajstić information content (AvgIpc) is 2.26. The van der Waals surface area contributed by atoms with Gasteiger partial charge in [0.15, 0.2) is 0 Å². The third-order valence-corrected chi connectivity index (χ3v) is 3.06. The third-order valence-electron chi connectivity index (χ3n) is 2.47. The summed E-state index contributed by atoms with van der Waals surface area (Å²) in [5, 5.41) is 8.50. The molecule has 3 nitrogen and oxygen atoms in total. The maximum absolute atomic E-state index is 12.9. The number of carboxylic acid groups (broad SMARTS) is 1. The number of benzene rings is 1. The highest BCUT2D eigenvalue weighted by Crippen LogP contribution is 2.41. The Bertz CT molecular complexity index is 472. The van der Waals surface area contributed by atoms with Crippen LogP contribution in [0.25, 0.3) is 0 Å². The van der Waals surface area contributed by atoms with E-state index in [1.54, 1.807) is 0 Å². The number of methoxy groups -OCH3 is 1. The van der Waals surface area contributed by atoms with Crippen LogP contribution in [-0.2, 0) is 17.4 Å². The molecule has 0 radical (unpaired) electrons. The molecule has 1 aromatic rings. The van der Waals surface area contributed by atoms with Crippen LogP contribution in [0.3, 0.4) is 0 Å². The Balaban J connectivity index is 3.03. The highest BCUT2D eigenvalue weighted by atomic mass is 79.9. The van der Waals surface area contributed by atoms with E-state index in [4.69, 9.17) is 9.84 Å². The van der Waals surface area contributed by atoms with Gasteiger partial charge < -0.3 is 9.84 Å². The van der Waals surface area contributed by atoms with Crippen molar-refractivity contribution in [2.75, 3.05) is 7.11 Å². The molecule has 0 bridgehead atoms. The topological polar surface area (TPSA) is 46.5 Å². The number of alkyl halides is 3. The van der Waals surface area contributed by atoms with Gasteiger partial charge in [-0.05, 0) is 46.5 Å². The SMILES string of the molecule is COc1c(Br)cc(CCCC(=O)O)cc1C(F)(F)F. The van der Waals surface area contributed by atoms with Gasteiger partial charge in [0.25, 0.3) is 0 Å². The summed E-state index contributed by atoms with van der Waals surface area (Å²) in [7, 11) is 1.17. The van der Waals surface area contributed by atoms with Gasteiger partial charge in [-0.1, -0.05) is 0 Å². The lowest BCUT2D eigenvalue weighted by molar-refractivity contribution is -0.139. The second kappa shape index (κ2) is 6.27. The fourth-order valence-electron chi connectivity index (χ4n) is 1.66. The van der Waals surface area contributed by atoms with Crippen molar-refractivity contribution in [2.24, 2.45) is 0 Å². The number of hydrogen-bond donors (Lipinski definition) is 1. The van der Waals surface area contributed by atoms with Crippen molar-refractivity contribution in [3.05, 3.63) is 27.7 Å². The Kier molecular flexibility index (Phi) is 5.22. The predicted molar refractivity (Wildman–Crippen MR) is 66.3 cm³/mol. The summed E-state index contributed by atoms with van der Waals surface area (Å²) in [6.45, 7) is 0. The second-order valence-electron chi connectivity index (χ2n) is 3.90. The van der Waals surface area contributed by atoms with Crippen molar-refractivity contribution < 1.29 is 27.8 Å². The summed E-state index contributed by atoms with van der Waals surface area (Å²) in [4.78, 5) is 10.4. The highest BCUT2D eigenvalue weighted by Gasteiger charge is 2.35. The molecule has 0 atom stereocenters. The molecule has 106 valence electrons. The van der Waals surface area contributed by atoms with Crippen LogP contribution in [0, 0.1) is 0 Å². The Labute approximate surface area is 116 Å². The zero-order valence-corrected chi connectivity index (χ0v) is 11.6. The molecule has 0 saturated heterocycles. The Morgan fingerprint density at radius 3 is 2.53 bits per heavy atom. The van der Waals surface area contributed by atoms with Crippen molar-refractivity contribution in [3.8, 4) is 5.75 Å². The van der Waals surface area contributed by atoms with Gasteiger partial charge in [-0.3, -0.25) is 4.79 Å². The van der Waals surface area contributed by atoms with Crippen molar-refractivity contribution in [1.82, 2.24) is 0 Å². The average molecular weight is 341 g/mol. The van der Waals surface area contributed by atoms with Gasteiger partial charge in [-0.2, -0.15) is 13.2 Å². The lowest BCUT2D eigenvalue weighted by Crippen LogP contribution is -2.09. The molecule has 0 fully saturated rings. The fraction of sp³-hybridized carbons (Fsp3) is 0.417. The molecule has 7 heteroatoms. The minimum atomic E-state index is -4.52. The maximum Gasteiger partial charge on any atom is 0.420 e. The number of ether oxygens (including phenoxy) is 1. The summed E-state index contributed by atoms with van der Waals surface area (Å²) in [5.41, 5.74) is -0.448. The van der Waals surface area contributed by atoms with Gasteiger partial charge in [0.2, 0.25) is 0 Å². The van der Waals surface area contributed by atoms with Crippen LogP contribution >= 0.6 is 15.9 Å². The molecule has 0 aliphatic carbocycles. The van der Waals surface area contributed by atoms with Crippen LogP contribution in [0.2, 0.25) is 0 Å². The minimum absolute atomic E-state index is 0.0784. The number of halogens is 4. The predicted octanol–water partition coefficient (Wildman–Crippen LogP) is 3.88. The van der Waals surface area contributed by atoms with Gasteiger partial charge in [0.1, 0.15) is 5.75 Å². The molecule has 1 N–H and O–H groups in total. The molecule has 1 rings (SSSR count). The first-order chi connectivity index (χ1) is 8.75. The normalized spacial score (nSPS) is 11.4. The van der Waals surface area contributed by atoms with Crippen molar-refractivity contribution >= 4 is 21.9 Å². The number of aryl methyl sites for hydroxylation is 1. The molecule has 0 amide bonds. The number of carbonyl (C=O) groups is 1. The number of aliphatic carboxylic acids is 1. The maximum atomic E-state index is 12.9. The van der Waals surface area contributed by atoms with Crippen LogP contribution in [0.15, 0.2) is 16.6 Å². The van der Waals surface area contributed by atoms with Crippen LogP contribution in [0.5, 0.6) is 5.75 Å². The molecule has 0 saturated carbocycles. The summed E-state index contributed by atoms with van der Waals surface area (Å²) < 4.78 is 43.5. The van der Waals surface area contributed by atoms with Crippen molar-refractivity contribution in [2.45, 2.75) is 25.4 Å². The van der Waals surface area contributed by atoms with E-state index in [0.29, 0.717) is 5.56 Å². The van der Waals surface area contributed by atoms with Crippen LogP contribution in [0.4, 0.5) is 13.2 Å². The minimum Gasteiger partial charge on any atom is -0.495 e. The monoisotopic (exact) mass is 340 g/mol. The molecule has 19 heavy (non-hydrogen) atoms. The van der Waals surface area contributed by atoms with Crippen molar-refractivity contribution in [3.63, 3.8) is 0 Å². The highest BCUT2D eigenvalue weighted by molar-refractivity contribution is 9.10. The Hall–Kier alpha value is -1.24. The van der Waals surface area contributed by atoms with Gasteiger partial charge in [0, 0.05) is 6.42 Å². The number of rotatable bonds is 5. The van der Waals surface area contributed by atoms with E-state index >= 15 is 0 Å². The zero-order chi connectivity index (χ0) is 14.6. The van der Waals surface area contributed by atoms with Gasteiger partial charge >= 0.3 is 12.1 Å². The first kappa shape index (κ1) is 15.8. The summed E-state index contributed by atoms with van der Waals surface area (Å²) >= 11 is 3.03. The Morgan fingerprint density at radius 2 is 2.05 bits per heavy atom. The van der Waals surface area contributed by atoms with E-state index in [1.807, 2.05) is 0 Å². The standard InChI is InChI=1S/C12H12BrF3O3/c1-19-11-8(12(14,15)16)5-7(6-9(11)13)3-2-4-10(17)18/h5-6H,2-4H2,1H3,(H,17,18). The summed E-state index contributed by atoms with van der Waals surface area (Å²) in [6, 6.07) is 2.50. The quantitative estimate of drug-likeness (QED) is 0.884. The molecule has 0 spiro atoms. The van der Waals surface area contributed by atoms with Crippen LogP contribution in [-0.4, -0.2) is 18.2 Å². The van der Waals surface area contributed by atoms with Crippen molar-refractivity contribution in [1.29, 1.82) is 0 Å². The van der Waals surface area contributed by atoms with Crippen LogP contribution < -0.4 is 4.74 Å². The van der Waals surface area contributed by atoms with E-state index < -0.39 is 17.7 Å². The first-order valence-corrected chi connectivity index (χ1v) is 6.20. The number of carboxylic acids is 1. The molecule has 0 aliphatic rings. The summed E-state index contributed by atoms with van der Waals surface area (Å²) in [5.74, 6) is -1.24. The lowest BCUT2D eigenvalue weighted by atomic mass is 10.0. The number of hydrogen-bond acceptors (Lipinski definition) is 2. The lowest BCUT2D eigenvalue weighted by Gasteiger charge is -2.15. The van der Waals surface area contributed by atoms with Crippen LogP contribution in [0.1, 0.15) is 24.0 Å². The smallest absolute Gasteiger partial charge is 0.420 e. The van der Waals surface area contributed by atoms with Gasteiger partial charge in [-0.25, -0.2) is 0 Å². The second-order valence-corrected chi connectivity index (χ2v) is 4.76. The fourth-order valence-corrected chi connectivity index (χ4v) is 2.33. The molecule has 0 heterocycles. The largest absolute Gasteiger partial charge is 0.495 e. The molecule has 0 aromatic heterocycles. The summed E-state index contributed by atoms with van der Waals surface area (Å²) in [6.07, 6.45) is -4.05. The van der Waals surface area contributed by atoms with E-state index in [-0.39, 0.29) is 29.5 Å². The zero-order valence-electron chi connectivity index (χ0n) is 10.1.